The van der Waals surface area contributed by atoms with E-state index in [9.17, 15) is 10.1 Å². The van der Waals surface area contributed by atoms with E-state index >= 15 is 0 Å². The minimum Gasteiger partial charge on any atom is -0.436 e. The minimum atomic E-state index is -0.420. The summed E-state index contributed by atoms with van der Waals surface area (Å²) in [4.78, 5) is 19.3. The second-order valence-corrected chi connectivity index (χ2v) is 6.61. The van der Waals surface area contributed by atoms with Crippen molar-refractivity contribution in [3.05, 3.63) is 93.5 Å². The maximum absolute atomic E-state index is 10.8. The van der Waals surface area contributed by atoms with Crippen LogP contribution in [0, 0.1) is 10.1 Å². The van der Waals surface area contributed by atoms with Crippen molar-refractivity contribution in [2.24, 2.45) is 4.99 Å². The number of nitro benzene ring substituents is 1. The molecule has 0 atom stereocenters. The first-order chi connectivity index (χ1) is 14.1. The van der Waals surface area contributed by atoms with Gasteiger partial charge in [-0.1, -0.05) is 35.9 Å². The largest absolute Gasteiger partial charge is 0.436 e. The average Bonchev–Trinajstić information content (AvgIpc) is 3.15. The van der Waals surface area contributed by atoms with E-state index in [2.05, 4.69) is 9.98 Å². The summed E-state index contributed by atoms with van der Waals surface area (Å²) in [6.45, 7) is 0. The highest BCUT2D eigenvalue weighted by atomic mass is 35.5. The fourth-order valence-corrected chi connectivity index (χ4v) is 2.93. The van der Waals surface area contributed by atoms with E-state index in [0.29, 0.717) is 22.0 Å². The molecule has 1 heterocycles. The van der Waals surface area contributed by atoms with Crippen LogP contribution in [0.3, 0.4) is 0 Å². The van der Waals surface area contributed by atoms with Crippen LogP contribution in [-0.2, 0) is 0 Å². The number of oxazole rings is 1. The van der Waals surface area contributed by atoms with Gasteiger partial charge in [-0.3, -0.25) is 15.1 Å². The highest BCUT2D eigenvalue weighted by Gasteiger charge is 2.09. The monoisotopic (exact) mass is 403 g/mol. The van der Waals surface area contributed by atoms with Crippen LogP contribution in [-0.4, -0.2) is 16.1 Å². The third-order valence-electron chi connectivity index (χ3n) is 4.12. The van der Waals surface area contributed by atoms with Gasteiger partial charge in [0.15, 0.2) is 5.58 Å². The maximum atomic E-state index is 10.8. The van der Waals surface area contributed by atoms with Gasteiger partial charge in [0.2, 0.25) is 5.89 Å². The Morgan fingerprint density at radius 2 is 1.93 bits per heavy atom. The lowest BCUT2D eigenvalue weighted by Gasteiger charge is -1.97. The third kappa shape index (κ3) is 4.39. The van der Waals surface area contributed by atoms with Crippen molar-refractivity contribution < 1.29 is 9.34 Å². The predicted octanol–water partition coefficient (Wildman–Crippen LogP) is 6.47. The van der Waals surface area contributed by atoms with Crippen molar-refractivity contribution in [1.29, 1.82) is 0 Å². The number of nitrogens with zero attached hydrogens (tertiary/aromatic N) is 3. The molecule has 4 rings (SSSR count). The van der Waals surface area contributed by atoms with E-state index in [1.807, 2.05) is 24.3 Å². The van der Waals surface area contributed by atoms with E-state index in [0.717, 1.165) is 16.8 Å². The summed E-state index contributed by atoms with van der Waals surface area (Å²) in [5.74, 6) is 0.492. The summed E-state index contributed by atoms with van der Waals surface area (Å²) < 4.78 is 5.79. The highest BCUT2D eigenvalue weighted by molar-refractivity contribution is 6.31. The van der Waals surface area contributed by atoms with Gasteiger partial charge >= 0.3 is 0 Å². The molecule has 7 heteroatoms. The Balaban J connectivity index is 1.52. The van der Waals surface area contributed by atoms with E-state index in [-0.39, 0.29) is 5.69 Å². The van der Waals surface area contributed by atoms with E-state index < -0.39 is 4.92 Å². The number of rotatable bonds is 5. The number of non-ortho nitro benzene ring substituents is 1. The maximum Gasteiger partial charge on any atom is 0.270 e. The van der Waals surface area contributed by atoms with Crippen LogP contribution < -0.4 is 0 Å². The average molecular weight is 404 g/mol. The van der Waals surface area contributed by atoms with Gasteiger partial charge in [0, 0.05) is 28.9 Å². The summed E-state index contributed by atoms with van der Waals surface area (Å²) in [6, 6.07) is 19.2. The van der Waals surface area contributed by atoms with E-state index in [4.69, 9.17) is 16.0 Å². The summed E-state index contributed by atoms with van der Waals surface area (Å²) in [7, 11) is 0. The van der Waals surface area contributed by atoms with Crippen molar-refractivity contribution in [2.45, 2.75) is 0 Å². The molecule has 1 aromatic heterocycles. The molecule has 0 aliphatic rings. The number of nitro groups is 1. The van der Waals surface area contributed by atoms with Gasteiger partial charge in [0.1, 0.15) is 5.52 Å². The normalized spacial score (nSPS) is 11.6. The van der Waals surface area contributed by atoms with Crippen LogP contribution >= 0.6 is 11.6 Å². The van der Waals surface area contributed by atoms with Gasteiger partial charge in [-0.2, -0.15) is 0 Å². The molecule has 3 aromatic carbocycles. The first-order valence-electron chi connectivity index (χ1n) is 8.70. The van der Waals surface area contributed by atoms with Crippen molar-refractivity contribution in [3.63, 3.8) is 0 Å². The SMILES string of the molecule is O=[N+]([O-])c1cccc(C=CC=Nc2cccc(-c3nc4cc(Cl)ccc4o3)c2)c1. The zero-order valence-electron chi connectivity index (χ0n) is 15.0. The minimum absolute atomic E-state index is 0.0522. The Kier molecular flexibility index (Phi) is 5.18. The quantitative estimate of drug-likeness (QED) is 0.217. The Labute approximate surface area is 170 Å². The summed E-state index contributed by atoms with van der Waals surface area (Å²) in [6.07, 6.45) is 5.11. The molecule has 0 aliphatic carbocycles. The lowest BCUT2D eigenvalue weighted by atomic mass is 10.2. The Morgan fingerprint density at radius 3 is 2.79 bits per heavy atom. The highest BCUT2D eigenvalue weighted by Crippen LogP contribution is 2.28. The van der Waals surface area contributed by atoms with Crippen LogP contribution in [0.5, 0.6) is 0 Å². The number of aliphatic imine (C=N–C) groups is 1. The van der Waals surface area contributed by atoms with Crippen LogP contribution in [0.2, 0.25) is 5.02 Å². The van der Waals surface area contributed by atoms with Gasteiger partial charge < -0.3 is 4.42 Å². The number of halogens is 1. The van der Waals surface area contributed by atoms with Crippen molar-refractivity contribution >= 4 is 46.4 Å². The third-order valence-corrected chi connectivity index (χ3v) is 4.36. The second kappa shape index (κ2) is 8.08. The molecule has 0 fully saturated rings. The molecular weight excluding hydrogens is 390 g/mol. The number of aromatic nitrogens is 1. The molecule has 0 bridgehead atoms. The van der Waals surface area contributed by atoms with Crippen molar-refractivity contribution in [2.75, 3.05) is 0 Å². The molecule has 0 aliphatic heterocycles. The predicted molar refractivity (Wildman–Crippen MR) is 115 cm³/mol. The lowest BCUT2D eigenvalue weighted by Crippen LogP contribution is -1.87. The molecular formula is C22H14ClN3O3. The molecule has 0 unspecified atom stereocenters. The number of hydrogen-bond donors (Lipinski definition) is 0. The fourth-order valence-electron chi connectivity index (χ4n) is 2.77. The zero-order chi connectivity index (χ0) is 20.2. The molecule has 0 saturated heterocycles. The molecule has 0 spiro atoms. The van der Waals surface area contributed by atoms with Crippen molar-refractivity contribution in [3.8, 4) is 11.5 Å². The standard InChI is InChI=1S/C22H14ClN3O3/c23-17-9-10-21-20(14-17)25-22(29-21)16-6-2-7-18(13-16)24-11-3-5-15-4-1-8-19(12-15)26(27)28/h1-14H. The van der Waals surface area contributed by atoms with E-state index in [1.54, 1.807) is 48.7 Å². The van der Waals surface area contributed by atoms with Gasteiger partial charge in [0.25, 0.3) is 5.69 Å². The molecule has 0 amide bonds. The molecule has 0 saturated carbocycles. The Bertz CT molecular complexity index is 1260. The topological polar surface area (TPSA) is 81.5 Å². The fraction of sp³-hybridized carbons (Fsp3) is 0. The zero-order valence-corrected chi connectivity index (χ0v) is 15.8. The van der Waals surface area contributed by atoms with Crippen LogP contribution in [0.25, 0.3) is 28.6 Å². The van der Waals surface area contributed by atoms with Gasteiger partial charge in [-0.15, -0.1) is 0 Å². The number of hydrogen-bond acceptors (Lipinski definition) is 5. The lowest BCUT2D eigenvalue weighted by molar-refractivity contribution is -0.384. The van der Waals surface area contributed by atoms with Gasteiger partial charge in [-0.25, -0.2) is 4.98 Å². The number of benzene rings is 3. The second-order valence-electron chi connectivity index (χ2n) is 6.17. The molecule has 0 radical (unpaired) electrons. The molecule has 29 heavy (non-hydrogen) atoms. The smallest absolute Gasteiger partial charge is 0.270 e. The van der Waals surface area contributed by atoms with Crippen LogP contribution in [0.1, 0.15) is 5.56 Å². The Hall–Kier alpha value is -3.77. The molecule has 0 N–H and O–H groups in total. The molecule has 142 valence electrons. The number of fused-ring (bicyclic) bond motifs is 1. The van der Waals surface area contributed by atoms with Crippen LogP contribution in [0.15, 0.2) is 82.2 Å². The van der Waals surface area contributed by atoms with Gasteiger partial charge in [0.05, 0.1) is 10.6 Å². The first-order valence-corrected chi connectivity index (χ1v) is 9.08. The van der Waals surface area contributed by atoms with Crippen LogP contribution in [0.4, 0.5) is 11.4 Å². The summed E-state index contributed by atoms with van der Waals surface area (Å²) in [5.41, 5.74) is 3.67. The number of allylic oxidation sites excluding steroid dienone is 1. The molecule has 6 nitrogen and oxygen atoms in total. The first kappa shape index (κ1) is 18.6. The van der Waals surface area contributed by atoms with Gasteiger partial charge in [-0.05, 0) is 48.0 Å². The Morgan fingerprint density at radius 1 is 1.07 bits per heavy atom. The molecule has 4 aromatic rings. The van der Waals surface area contributed by atoms with E-state index in [1.165, 1.54) is 12.1 Å². The van der Waals surface area contributed by atoms with Crippen molar-refractivity contribution in [1.82, 2.24) is 4.98 Å². The summed E-state index contributed by atoms with van der Waals surface area (Å²) in [5, 5.41) is 11.4. The summed E-state index contributed by atoms with van der Waals surface area (Å²) >= 11 is 6.00.